The molecule has 14 heavy (non-hydrogen) atoms. The van der Waals surface area contributed by atoms with Crippen LogP contribution in [0.25, 0.3) is 0 Å². The summed E-state index contributed by atoms with van der Waals surface area (Å²) in [6, 6.07) is 5.04. The number of benzene rings is 1. The van der Waals surface area contributed by atoms with Gasteiger partial charge in [0.05, 0.1) is 6.61 Å². The Morgan fingerprint density at radius 1 is 1.29 bits per heavy atom. The highest BCUT2D eigenvalue weighted by atomic mass is 19.1. The average molecular weight is 196 g/mol. The minimum Gasteiger partial charge on any atom is -0.491 e. The van der Waals surface area contributed by atoms with Crippen molar-refractivity contribution in [3.8, 4) is 5.75 Å². The monoisotopic (exact) mass is 196 g/mol. The van der Waals surface area contributed by atoms with E-state index >= 15 is 0 Å². The number of rotatable bonds is 2. The zero-order valence-corrected chi connectivity index (χ0v) is 9.23. The summed E-state index contributed by atoms with van der Waals surface area (Å²) < 4.78 is 18.4. The van der Waals surface area contributed by atoms with Gasteiger partial charge in [-0.1, -0.05) is 26.8 Å². The van der Waals surface area contributed by atoms with Crippen LogP contribution in [-0.2, 0) is 5.41 Å². The highest BCUT2D eigenvalue weighted by Crippen LogP contribution is 2.27. The van der Waals surface area contributed by atoms with E-state index in [9.17, 15) is 4.39 Å². The zero-order chi connectivity index (χ0) is 10.8. The fraction of sp³-hybridized carbons (Fsp3) is 0.500. The highest BCUT2D eigenvalue weighted by Gasteiger charge is 2.15. The van der Waals surface area contributed by atoms with Gasteiger partial charge in [0.25, 0.3) is 0 Å². The predicted octanol–water partition coefficient (Wildman–Crippen LogP) is 3.52. The van der Waals surface area contributed by atoms with Crippen molar-refractivity contribution in [1.29, 1.82) is 0 Å². The maximum Gasteiger partial charge on any atom is 0.165 e. The molecule has 0 fully saturated rings. The Bertz CT molecular complexity index is 313. The van der Waals surface area contributed by atoms with Gasteiger partial charge in [-0.3, -0.25) is 0 Å². The van der Waals surface area contributed by atoms with Gasteiger partial charge in [-0.2, -0.15) is 0 Å². The normalized spacial score (nSPS) is 11.5. The number of halogens is 1. The number of hydrogen-bond donors (Lipinski definition) is 0. The van der Waals surface area contributed by atoms with Gasteiger partial charge in [-0.25, -0.2) is 4.39 Å². The second-order valence-electron chi connectivity index (χ2n) is 4.33. The average Bonchev–Trinajstić information content (AvgIpc) is 2.07. The lowest BCUT2D eigenvalue weighted by Gasteiger charge is -2.19. The van der Waals surface area contributed by atoms with Gasteiger partial charge in [0.2, 0.25) is 0 Å². The Balaban J connectivity index is 3.06. The molecule has 1 aromatic rings. The fourth-order valence-corrected chi connectivity index (χ4v) is 1.24. The molecule has 0 aliphatic heterocycles. The summed E-state index contributed by atoms with van der Waals surface area (Å²) in [5.41, 5.74) is 1.11. The SMILES string of the molecule is CCOc1cc(C(C)(C)C)ccc1F. The minimum absolute atomic E-state index is 0.0273. The molecule has 0 aromatic heterocycles. The smallest absolute Gasteiger partial charge is 0.165 e. The van der Waals surface area contributed by atoms with E-state index in [1.54, 1.807) is 12.1 Å². The molecule has 0 heterocycles. The molecule has 0 aliphatic carbocycles. The molecule has 0 N–H and O–H groups in total. The van der Waals surface area contributed by atoms with E-state index in [1.807, 2.05) is 6.92 Å². The van der Waals surface area contributed by atoms with Gasteiger partial charge < -0.3 is 4.74 Å². The standard InChI is InChI=1S/C12H17FO/c1-5-14-11-8-9(12(2,3)4)6-7-10(11)13/h6-8H,5H2,1-4H3. The zero-order valence-electron chi connectivity index (χ0n) is 9.23. The van der Waals surface area contributed by atoms with Gasteiger partial charge in [0, 0.05) is 0 Å². The lowest BCUT2D eigenvalue weighted by molar-refractivity contribution is 0.320. The van der Waals surface area contributed by atoms with E-state index in [0.717, 1.165) is 5.56 Å². The molecule has 2 heteroatoms. The third kappa shape index (κ3) is 2.47. The minimum atomic E-state index is -0.292. The third-order valence-electron chi connectivity index (χ3n) is 2.10. The third-order valence-corrected chi connectivity index (χ3v) is 2.10. The highest BCUT2D eigenvalue weighted by molar-refractivity contribution is 5.34. The van der Waals surface area contributed by atoms with Crippen molar-refractivity contribution in [3.05, 3.63) is 29.6 Å². The Hall–Kier alpha value is -1.05. The van der Waals surface area contributed by atoms with Crippen LogP contribution in [0.1, 0.15) is 33.3 Å². The first-order valence-electron chi connectivity index (χ1n) is 4.88. The van der Waals surface area contributed by atoms with Gasteiger partial charge >= 0.3 is 0 Å². The summed E-state index contributed by atoms with van der Waals surface area (Å²) >= 11 is 0. The quantitative estimate of drug-likeness (QED) is 0.703. The summed E-state index contributed by atoms with van der Waals surface area (Å²) in [6.07, 6.45) is 0. The first-order chi connectivity index (χ1) is 6.45. The molecule has 0 aliphatic rings. The first-order valence-corrected chi connectivity index (χ1v) is 4.88. The summed E-state index contributed by atoms with van der Waals surface area (Å²) in [7, 11) is 0. The lowest BCUT2D eigenvalue weighted by atomic mass is 9.87. The maximum atomic E-state index is 13.2. The van der Waals surface area contributed by atoms with Crippen LogP contribution in [0, 0.1) is 5.82 Å². The molecule has 0 atom stereocenters. The van der Waals surface area contributed by atoms with Crippen molar-refractivity contribution in [2.24, 2.45) is 0 Å². The predicted molar refractivity (Wildman–Crippen MR) is 56.3 cm³/mol. The first kappa shape index (κ1) is 11.0. The Morgan fingerprint density at radius 3 is 2.43 bits per heavy atom. The van der Waals surface area contributed by atoms with E-state index in [2.05, 4.69) is 20.8 Å². The van der Waals surface area contributed by atoms with E-state index < -0.39 is 0 Å². The van der Waals surface area contributed by atoms with E-state index in [1.165, 1.54) is 6.07 Å². The fourth-order valence-electron chi connectivity index (χ4n) is 1.24. The van der Waals surface area contributed by atoms with Gasteiger partial charge in [-0.15, -0.1) is 0 Å². The van der Waals surface area contributed by atoms with Crippen LogP contribution in [0.3, 0.4) is 0 Å². The van der Waals surface area contributed by atoms with Crippen molar-refractivity contribution in [3.63, 3.8) is 0 Å². The summed E-state index contributed by atoms with van der Waals surface area (Å²) in [5, 5.41) is 0. The molecule has 0 saturated heterocycles. The summed E-state index contributed by atoms with van der Waals surface area (Å²) in [5.74, 6) is 0.0553. The van der Waals surface area contributed by atoms with Crippen LogP contribution in [0.4, 0.5) is 4.39 Å². The molecule has 78 valence electrons. The lowest BCUT2D eigenvalue weighted by Crippen LogP contribution is -2.11. The van der Waals surface area contributed by atoms with Crippen LogP contribution >= 0.6 is 0 Å². The molecular formula is C12H17FO. The van der Waals surface area contributed by atoms with Crippen molar-refractivity contribution in [2.45, 2.75) is 33.1 Å². The van der Waals surface area contributed by atoms with Gasteiger partial charge in [0.15, 0.2) is 11.6 Å². The Morgan fingerprint density at radius 2 is 1.93 bits per heavy atom. The number of hydrogen-bond acceptors (Lipinski definition) is 1. The molecule has 1 rings (SSSR count). The van der Waals surface area contributed by atoms with Gasteiger partial charge in [-0.05, 0) is 30.0 Å². The molecule has 0 unspecified atom stereocenters. The van der Waals surface area contributed by atoms with Crippen LogP contribution in [0.5, 0.6) is 5.75 Å². The molecule has 0 saturated carbocycles. The second-order valence-corrected chi connectivity index (χ2v) is 4.33. The van der Waals surface area contributed by atoms with Crippen LogP contribution in [0.15, 0.2) is 18.2 Å². The van der Waals surface area contributed by atoms with Crippen molar-refractivity contribution < 1.29 is 9.13 Å². The molecule has 0 radical (unpaired) electrons. The Labute approximate surface area is 84.9 Å². The summed E-state index contributed by atoms with van der Waals surface area (Å²) in [4.78, 5) is 0. The molecule has 0 bridgehead atoms. The van der Waals surface area contributed by atoms with E-state index in [0.29, 0.717) is 12.4 Å². The number of ether oxygens (including phenoxy) is 1. The molecular weight excluding hydrogens is 179 g/mol. The van der Waals surface area contributed by atoms with Crippen LogP contribution in [0.2, 0.25) is 0 Å². The molecule has 0 spiro atoms. The van der Waals surface area contributed by atoms with Crippen LogP contribution < -0.4 is 4.74 Å². The largest absolute Gasteiger partial charge is 0.491 e. The van der Waals surface area contributed by atoms with Crippen molar-refractivity contribution >= 4 is 0 Å². The maximum absolute atomic E-state index is 13.2. The molecule has 0 amide bonds. The second kappa shape index (κ2) is 3.99. The van der Waals surface area contributed by atoms with Crippen molar-refractivity contribution in [2.75, 3.05) is 6.61 Å². The van der Waals surface area contributed by atoms with Gasteiger partial charge in [0.1, 0.15) is 0 Å². The topological polar surface area (TPSA) is 9.23 Å². The van der Waals surface area contributed by atoms with E-state index in [-0.39, 0.29) is 11.2 Å². The van der Waals surface area contributed by atoms with E-state index in [4.69, 9.17) is 4.74 Å². The summed E-state index contributed by atoms with van der Waals surface area (Å²) in [6.45, 7) is 8.62. The molecule has 1 aromatic carbocycles. The van der Waals surface area contributed by atoms with Crippen molar-refractivity contribution in [1.82, 2.24) is 0 Å². The molecule has 1 nitrogen and oxygen atoms in total. The van der Waals surface area contributed by atoms with Crippen LogP contribution in [-0.4, -0.2) is 6.61 Å². The Kier molecular flexibility index (Phi) is 3.14.